The average Bonchev–Trinajstić information content (AvgIpc) is 2.31. The monoisotopic (exact) mass is 260 g/mol. The van der Waals surface area contributed by atoms with Gasteiger partial charge in [-0.15, -0.1) is 0 Å². The van der Waals surface area contributed by atoms with Crippen LogP contribution in [0.2, 0.25) is 0 Å². The Hall–Kier alpha value is -0.510. The lowest BCUT2D eigenvalue weighted by atomic mass is 9.93. The van der Waals surface area contributed by atoms with Gasteiger partial charge in [0.15, 0.2) is 9.84 Å². The predicted molar refractivity (Wildman–Crippen MR) is 70.7 cm³/mol. The summed E-state index contributed by atoms with van der Waals surface area (Å²) in [5.41, 5.74) is 0. The van der Waals surface area contributed by atoms with E-state index in [1.807, 2.05) is 19.9 Å². The Labute approximate surface area is 105 Å². The fraction of sp³-hybridized carbons (Fsp3) is 0.846. The highest BCUT2D eigenvalue weighted by Crippen LogP contribution is 2.37. The van der Waals surface area contributed by atoms with E-state index in [0.29, 0.717) is 12.4 Å². The summed E-state index contributed by atoms with van der Waals surface area (Å²) in [6, 6.07) is 0. The molecule has 100 valence electrons. The summed E-state index contributed by atoms with van der Waals surface area (Å²) < 4.78 is 29.2. The highest BCUT2D eigenvalue weighted by atomic mass is 32.2. The van der Waals surface area contributed by atoms with Crippen molar-refractivity contribution in [3.8, 4) is 0 Å². The van der Waals surface area contributed by atoms with E-state index < -0.39 is 14.6 Å². The minimum Gasteiger partial charge on any atom is -0.502 e. The van der Waals surface area contributed by atoms with Crippen molar-refractivity contribution in [1.82, 2.24) is 0 Å². The zero-order valence-electron chi connectivity index (χ0n) is 10.9. The third kappa shape index (κ3) is 3.47. The minimum absolute atomic E-state index is 0.372. The molecular weight excluding hydrogens is 236 g/mol. The van der Waals surface area contributed by atoms with Crippen molar-refractivity contribution in [3.63, 3.8) is 0 Å². The molecule has 0 bridgehead atoms. The maximum atomic E-state index is 12.2. The van der Waals surface area contributed by atoms with Gasteiger partial charge >= 0.3 is 0 Å². The van der Waals surface area contributed by atoms with Crippen LogP contribution in [-0.4, -0.2) is 25.5 Å². The Balaban J connectivity index is 2.55. The van der Waals surface area contributed by atoms with Gasteiger partial charge in [0.2, 0.25) is 0 Å². The van der Waals surface area contributed by atoms with Gasteiger partial charge in [0.1, 0.15) is 0 Å². The molecule has 0 N–H and O–H groups in total. The molecule has 17 heavy (non-hydrogen) atoms. The lowest BCUT2D eigenvalue weighted by Gasteiger charge is -2.36. The number of rotatable bonds is 6. The van der Waals surface area contributed by atoms with E-state index in [0.717, 1.165) is 38.5 Å². The average molecular weight is 260 g/mol. The van der Waals surface area contributed by atoms with Gasteiger partial charge in [0, 0.05) is 0 Å². The van der Waals surface area contributed by atoms with Crippen LogP contribution in [0.15, 0.2) is 12.3 Å². The first-order valence-corrected chi connectivity index (χ1v) is 8.18. The maximum Gasteiger partial charge on any atom is 0.155 e. The van der Waals surface area contributed by atoms with Crippen LogP contribution in [0.5, 0.6) is 0 Å². The highest BCUT2D eigenvalue weighted by Gasteiger charge is 2.42. The Bertz CT molecular complexity index is 346. The summed E-state index contributed by atoms with van der Waals surface area (Å²) in [6.45, 7) is 4.51. The van der Waals surface area contributed by atoms with Crippen molar-refractivity contribution in [3.05, 3.63) is 12.3 Å². The first-order chi connectivity index (χ1) is 8.08. The molecule has 1 rings (SSSR count). The molecule has 0 aromatic rings. The molecule has 0 radical (unpaired) electrons. The van der Waals surface area contributed by atoms with Gasteiger partial charge in [-0.1, -0.05) is 19.4 Å². The molecule has 1 unspecified atom stereocenters. The van der Waals surface area contributed by atoms with Crippen LogP contribution in [0, 0.1) is 0 Å². The number of allylic oxidation sites excluding steroid dienone is 1. The van der Waals surface area contributed by atoms with Crippen LogP contribution in [0.1, 0.15) is 52.4 Å². The van der Waals surface area contributed by atoms with Crippen molar-refractivity contribution in [2.24, 2.45) is 0 Å². The quantitative estimate of drug-likeness (QED) is 0.544. The first-order valence-electron chi connectivity index (χ1n) is 6.53. The number of sulfone groups is 1. The van der Waals surface area contributed by atoms with Crippen LogP contribution >= 0.6 is 0 Å². The molecule has 1 aliphatic heterocycles. The molecule has 1 saturated heterocycles. The van der Waals surface area contributed by atoms with Crippen LogP contribution < -0.4 is 0 Å². The van der Waals surface area contributed by atoms with E-state index in [9.17, 15) is 8.42 Å². The van der Waals surface area contributed by atoms with Crippen molar-refractivity contribution in [2.75, 3.05) is 12.4 Å². The van der Waals surface area contributed by atoms with Gasteiger partial charge in [-0.3, -0.25) is 0 Å². The molecule has 0 amide bonds. The molecule has 0 aromatic carbocycles. The van der Waals surface area contributed by atoms with Crippen LogP contribution in [0.3, 0.4) is 0 Å². The van der Waals surface area contributed by atoms with Crippen molar-refractivity contribution in [1.29, 1.82) is 0 Å². The number of ether oxygens (including phenoxy) is 1. The van der Waals surface area contributed by atoms with Gasteiger partial charge in [0.05, 0.1) is 23.4 Å². The topological polar surface area (TPSA) is 43.4 Å². The van der Waals surface area contributed by atoms with E-state index in [-0.39, 0.29) is 0 Å². The van der Waals surface area contributed by atoms with Gasteiger partial charge in [-0.25, -0.2) is 8.42 Å². The van der Waals surface area contributed by atoms with E-state index >= 15 is 0 Å². The maximum absolute atomic E-state index is 12.2. The fourth-order valence-electron chi connectivity index (χ4n) is 2.61. The van der Waals surface area contributed by atoms with E-state index in [4.69, 9.17) is 4.74 Å². The van der Waals surface area contributed by atoms with E-state index in [1.54, 1.807) is 6.26 Å². The summed E-state index contributed by atoms with van der Waals surface area (Å²) in [7, 11) is -2.90. The Morgan fingerprint density at radius 2 is 2.12 bits per heavy atom. The molecule has 1 heterocycles. The lowest BCUT2D eigenvalue weighted by Crippen LogP contribution is -2.42. The van der Waals surface area contributed by atoms with Crippen molar-refractivity contribution < 1.29 is 13.2 Å². The summed E-state index contributed by atoms with van der Waals surface area (Å²) >= 11 is 0. The molecule has 0 saturated carbocycles. The Kier molecular flexibility index (Phi) is 5.50. The fourth-order valence-corrected chi connectivity index (χ4v) is 4.97. The van der Waals surface area contributed by atoms with Gasteiger partial charge < -0.3 is 4.74 Å². The molecule has 4 heteroatoms. The second-order valence-electron chi connectivity index (χ2n) is 4.76. The normalized spacial score (nSPS) is 28.4. The van der Waals surface area contributed by atoms with Gasteiger partial charge in [-0.05, 0) is 39.0 Å². The Morgan fingerprint density at radius 1 is 1.35 bits per heavy atom. The van der Waals surface area contributed by atoms with Crippen molar-refractivity contribution >= 4 is 9.84 Å². The zero-order chi connectivity index (χ0) is 12.8. The molecule has 1 atom stereocenters. The summed E-state index contributed by atoms with van der Waals surface area (Å²) in [5, 5.41) is 0. The van der Waals surface area contributed by atoms with Gasteiger partial charge in [-0.2, -0.15) is 0 Å². The molecular formula is C13H24O3S. The predicted octanol–water partition coefficient (Wildman–Crippen LogP) is 3.06. The third-order valence-electron chi connectivity index (χ3n) is 3.73. The highest BCUT2D eigenvalue weighted by molar-refractivity contribution is 7.92. The lowest BCUT2D eigenvalue weighted by molar-refractivity contribution is 0.231. The molecule has 1 aliphatic rings. The SMILES string of the molecule is C/C=C/OCCCC1(CC)CCCCS1(=O)=O. The van der Waals surface area contributed by atoms with E-state index in [2.05, 4.69) is 0 Å². The molecule has 0 spiro atoms. The van der Waals surface area contributed by atoms with Crippen LogP contribution in [0.4, 0.5) is 0 Å². The second-order valence-corrected chi connectivity index (χ2v) is 7.26. The van der Waals surface area contributed by atoms with Crippen LogP contribution in [-0.2, 0) is 14.6 Å². The molecule has 0 aliphatic carbocycles. The number of hydrogen-bond acceptors (Lipinski definition) is 3. The van der Waals surface area contributed by atoms with E-state index in [1.165, 1.54) is 0 Å². The first kappa shape index (κ1) is 14.6. The largest absolute Gasteiger partial charge is 0.502 e. The van der Waals surface area contributed by atoms with Gasteiger partial charge in [0.25, 0.3) is 0 Å². The molecule has 0 aromatic heterocycles. The standard InChI is InChI=1S/C13H24O3S/c1-3-10-16-11-7-9-13(4-2)8-5-6-12-17(13,14)15/h3,10H,4-9,11-12H2,1-2H3/b10-3+. The number of hydrogen-bond donors (Lipinski definition) is 0. The Morgan fingerprint density at radius 3 is 2.71 bits per heavy atom. The zero-order valence-corrected chi connectivity index (χ0v) is 11.8. The molecule has 1 fully saturated rings. The summed E-state index contributed by atoms with van der Waals surface area (Å²) in [5.74, 6) is 0.372. The second kappa shape index (κ2) is 6.43. The minimum atomic E-state index is -2.90. The van der Waals surface area contributed by atoms with Crippen LogP contribution in [0.25, 0.3) is 0 Å². The summed E-state index contributed by atoms with van der Waals surface area (Å²) in [4.78, 5) is 0. The van der Waals surface area contributed by atoms with Crippen molar-refractivity contribution in [2.45, 2.75) is 57.1 Å². The third-order valence-corrected chi connectivity index (χ3v) is 6.57. The molecule has 3 nitrogen and oxygen atoms in total. The summed E-state index contributed by atoms with van der Waals surface area (Å²) in [6.07, 6.45) is 8.50. The smallest absolute Gasteiger partial charge is 0.155 e.